The molecule has 9 heteroatoms. The first-order chi connectivity index (χ1) is 15.7. The summed E-state index contributed by atoms with van der Waals surface area (Å²) in [5, 5.41) is 16.0. The molecular formula is C24H33N5O4. The Labute approximate surface area is 194 Å². The van der Waals surface area contributed by atoms with E-state index in [0.717, 1.165) is 35.7 Å². The SMILES string of the molecule is CCNC(=O)Nc1ccc(-c2nc(N3CCOCC3)c3c(n2)[C@](C)(CC(C)(C)O)OC3)cc1. The molecule has 1 saturated heterocycles. The van der Waals surface area contributed by atoms with E-state index >= 15 is 0 Å². The van der Waals surface area contributed by atoms with Gasteiger partial charge < -0.3 is 30.1 Å². The molecule has 3 heterocycles. The Morgan fingerprint density at radius 1 is 1.21 bits per heavy atom. The van der Waals surface area contributed by atoms with Crippen LogP contribution in [0.1, 0.15) is 45.4 Å². The van der Waals surface area contributed by atoms with Gasteiger partial charge in [0.2, 0.25) is 0 Å². The van der Waals surface area contributed by atoms with Crippen LogP contribution < -0.4 is 15.5 Å². The smallest absolute Gasteiger partial charge is 0.319 e. The van der Waals surface area contributed by atoms with E-state index in [-0.39, 0.29) is 6.03 Å². The van der Waals surface area contributed by atoms with Gasteiger partial charge in [0, 0.05) is 42.9 Å². The number of anilines is 2. The van der Waals surface area contributed by atoms with E-state index in [2.05, 4.69) is 15.5 Å². The van der Waals surface area contributed by atoms with Gasteiger partial charge in [-0.2, -0.15) is 0 Å². The van der Waals surface area contributed by atoms with Crippen molar-refractivity contribution in [3.8, 4) is 11.4 Å². The number of amides is 2. The molecule has 33 heavy (non-hydrogen) atoms. The van der Waals surface area contributed by atoms with Crippen LogP contribution in [-0.4, -0.2) is 59.6 Å². The van der Waals surface area contributed by atoms with Crippen molar-refractivity contribution in [2.75, 3.05) is 43.1 Å². The highest BCUT2D eigenvalue weighted by Crippen LogP contribution is 2.44. The molecule has 1 fully saturated rings. The maximum absolute atomic E-state index is 11.8. The Bertz CT molecular complexity index is 999. The summed E-state index contributed by atoms with van der Waals surface area (Å²) in [5.74, 6) is 1.45. The number of nitrogens with one attached hydrogen (secondary N) is 2. The first kappa shape index (κ1) is 23.4. The summed E-state index contributed by atoms with van der Waals surface area (Å²) in [6.45, 7) is 11.2. The van der Waals surface area contributed by atoms with Crippen molar-refractivity contribution in [2.45, 2.75) is 51.9 Å². The van der Waals surface area contributed by atoms with Crippen molar-refractivity contribution in [1.82, 2.24) is 15.3 Å². The molecule has 178 valence electrons. The summed E-state index contributed by atoms with van der Waals surface area (Å²) in [5.41, 5.74) is 1.70. The molecule has 0 bridgehead atoms. The number of rotatable bonds is 6. The topological polar surface area (TPSA) is 109 Å². The van der Waals surface area contributed by atoms with Crippen LogP contribution in [0.5, 0.6) is 0 Å². The second kappa shape index (κ2) is 9.24. The summed E-state index contributed by atoms with van der Waals surface area (Å²) in [4.78, 5) is 23.9. The van der Waals surface area contributed by atoms with Crippen LogP contribution >= 0.6 is 0 Å². The first-order valence-corrected chi connectivity index (χ1v) is 11.4. The molecule has 0 aliphatic carbocycles. The van der Waals surface area contributed by atoms with E-state index in [4.69, 9.17) is 19.4 Å². The summed E-state index contributed by atoms with van der Waals surface area (Å²) in [7, 11) is 0. The van der Waals surface area contributed by atoms with E-state index in [0.29, 0.717) is 44.3 Å². The maximum atomic E-state index is 11.8. The molecule has 4 rings (SSSR count). The Kier molecular flexibility index (Phi) is 6.56. The Hall–Kier alpha value is -2.75. The summed E-state index contributed by atoms with van der Waals surface area (Å²) in [6, 6.07) is 7.23. The minimum absolute atomic E-state index is 0.242. The highest BCUT2D eigenvalue weighted by Gasteiger charge is 2.43. The minimum atomic E-state index is -0.910. The van der Waals surface area contributed by atoms with E-state index in [1.54, 1.807) is 13.8 Å². The number of hydrogen-bond donors (Lipinski definition) is 3. The Balaban J connectivity index is 1.72. The number of aromatic nitrogens is 2. The number of morpholine rings is 1. The highest BCUT2D eigenvalue weighted by atomic mass is 16.5. The third-order valence-corrected chi connectivity index (χ3v) is 5.84. The van der Waals surface area contributed by atoms with Crippen molar-refractivity contribution < 1.29 is 19.4 Å². The molecule has 2 aliphatic rings. The molecule has 3 N–H and O–H groups in total. The summed E-state index contributed by atoms with van der Waals surface area (Å²) in [6.07, 6.45) is 0.418. The molecule has 9 nitrogen and oxygen atoms in total. The first-order valence-electron chi connectivity index (χ1n) is 11.4. The standard InChI is InChI=1S/C24H33N5O4/c1-5-25-22(30)26-17-8-6-16(7-9-17)20-27-19-18(14-33-24(19,4)15-23(2,3)31)21(28-20)29-10-12-32-13-11-29/h6-9,31H,5,10-15H2,1-4H3,(H2,25,26,30)/t24-/m0/s1. The summed E-state index contributed by atoms with van der Waals surface area (Å²) >= 11 is 0. The Morgan fingerprint density at radius 2 is 1.91 bits per heavy atom. The quantitative estimate of drug-likeness (QED) is 0.614. The lowest BCUT2D eigenvalue weighted by atomic mass is 9.87. The second-order valence-electron chi connectivity index (χ2n) is 9.37. The zero-order chi connectivity index (χ0) is 23.6. The van der Waals surface area contributed by atoms with Crippen molar-refractivity contribution in [2.24, 2.45) is 0 Å². The van der Waals surface area contributed by atoms with Gasteiger partial charge in [-0.15, -0.1) is 0 Å². The predicted molar refractivity (Wildman–Crippen MR) is 126 cm³/mol. The molecular weight excluding hydrogens is 422 g/mol. The third-order valence-electron chi connectivity index (χ3n) is 5.84. The molecule has 0 radical (unpaired) electrons. The average Bonchev–Trinajstić information content (AvgIpc) is 3.09. The van der Waals surface area contributed by atoms with Crippen LogP contribution in [0, 0.1) is 0 Å². The fraction of sp³-hybridized carbons (Fsp3) is 0.542. The molecule has 1 atom stereocenters. The number of urea groups is 1. The lowest BCUT2D eigenvalue weighted by Gasteiger charge is -2.32. The van der Waals surface area contributed by atoms with Crippen LogP contribution in [0.3, 0.4) is 0 Å². The normalized spacial score (nSPS) is 20.5. The van der Waals surface area contributed by atoms with Gasteiger partial charge in [0.15, 0.2) is 5.82 Å². The molecule has 2 aliphatic heterocycles. The number of carbonyl (C=O) groups excluding carboxylic acids is 1. The fourth-order valence-electron chi connectivity index (χ4n) is 4.51. The van der Waals surface area contributed by atoms with E-state index < -0.39 is 11.2 Å². The molecule has 2 aromatic rings. The van der Waals surface area contributed by atoms with Gasteiger partial charge in [-0.1, -0.05) is 0 Å². The number of carbonyl (C=O) groups is 1. The monoisotopic (exact) mass is 455 g/mol. The van der Waals surface area contributed by atoms with Crippen LogP contribution in [0.4, 0.5) is 16.3 Å². The van der Waals surface area contributed by atoms with Crippen LogP contribution in [0.15, 0.2) is 24.3 Å². The van der Waals surface area contributed by atoms with Crippen LogP contribution in [0.25, 0.3) is 11.4 Å². The average molecular weight is 456 g/mol. The van der Waals surface area contributed by atoms with Gasteiger partial charge in [-0.25, -0.2) is 14.8 Å². The van der Waals surface area contributed by atoms with E-state index in [1.807, 2.05) is 38.1 Å². The molecule has 0 unspecified atom stereocenters. The lowest BCUT2D eigenvalue weighted by molar-refractivity contribution is -0.0812. The number of hydrogen-bond acceptors (Lipinski definition) is 7. The molecule has 2 amide bonds. The number of aliphatic hydroxyl groups is 1. The van der Waals surface area contributed by atoms with Gasteiger partial charge in [-0.3, -0.25) is 0 Å². The van der Waals surface area contributed by atoms with Gasteiger partial charge in [0.05, 0.1) is 31.1 Å². The van der Waals surface area contributed by atoms with Crippen molar-refractivity contribution in [3.05, 3.63) is 35.5 Å². The molecule has 1 aromatic carbocycles. The second-order valence-corrected chi connectivity index (χ2v) is 9.37. The van der Waals surface area contributed by atoms with Gasteiger partial charge in [0.25, 0.3) is 0 Å². The van der Waals surface area contributed by atoms with Crippen LogP contribution in [0.2, 0.25) is 0 Å². The predicted octanol–water partition coefficient (Wildman–Crippen LogP) is 3.03. The van der Waals surface area contributed by atoms with Crippen molar-refractivity contribution in [1.29, 1.82) is 0 Å². The van der Waals surface area contributed by atoms with Crippen molar-refractivity contribution in [3.63, 3.8) is 0 Å². The third kappa shape index (κ3) is 5.26. The number of ether oxygens (including phenoxy) is 2. The van der Waals surface area contributed by atoms with Gasteiger partial charge >= 0.3 is 6.03 Å². The maximum Gasteiger partial charge on any atom is 0.319 e. The molecule has 0 saturated carbocycles. The number of benzene rings is 1. The van der Waals surface area contributed by atoms with Gasteiger partial charge in [0.1, 0.15) is 11.4 Å². The fourth-order valence-corrected chi connectivity index (χ4v) is 4.51. The minimum Gasteiger partial charge on any atom is -0.390 e. The zero-order valence-electron chi connectivity index (χ0n) is 19.8. The van der Waals surface area contributed by atoms with E-state index in [1.165, 1.54) is 0 Å². The van der Waals surface area contributed by atoms with Gasteiger partial charge in [-0.05, 0) is 52.0 Å². The Morgan fingerprint density at radius 3 is 2.55 bits per heavy atom. The zero-order valence-corrected chi connectivity index (χ0v) is 19.8. The summed E-state index contributed by atoms with van der Waals surface area (Å²) < 4.78 is 11.8. The van der Waals surface area contributed by atoms with Crippen molar-refractivity contribution >= 4 is 17.5 Å². The highest BCUT2D eigenvalue weighted by molar-refractivity contribution is 5.89. The number of fused-ring (bicyclic) bond motifs is 1. The lowest BCUT2D eigenvalue weighted by Crippen LogP contribution is -2.38. The number of nitrogens with zero attached hydrogens (tertiary/aromatic N) is 3. The van der Waals surface area contributed by atoms with E-state index in [9.17, 15) is 9.90 Å². The van der Waals surface area contributed by atoms with Crippen LogP contribution in [-0.2, 0) is 21.7 Å². The molecule has 0 spiro atoms. The molecule has 1 aromatic heterocycles. The largest absolute Gasteiger partial charge is 0.390 e.